The first kappa shape index (κ1) is 19.7. The predicted octanol–water partition coefficient (Wildman–Crippen LogP) is 5.86. The average Bonchev–Trinajstić information content (AvgIpc) is 2.98. The number of hydrogen-bond acceptors (Lipinski definition) is 1. The van der Waals surface area contributed by atoms with E-state index in [0.717, 1.165) is 38.9 Å². The summed E-state index contributed by atoms with van der Waals surface area (Å²) in [6, 6.07) is 33.4. The third-order valence-electron chi connectivity index (χ3n) is 5.56. The standard InChI is InChI=1S/C31H20O/c32-31(29-16-8-6-14-27(29)20-21-28-15-7-9-17-30(28)31)23-22-26-13-5-4-12-25(26)19-18-24-10-2-1-3-11-24/h1-17,20-21,32H. The summed E-state index contributed by atoms with van der Waals surface area (Å²) in [7, 11) is 0. The smallest absolute Gasteiger partial charge is 0.178 e. The topological polar surface area (TPSA) is 20.2 Å². The Labute approximate surface area is 188 Å². The van der Waals surface area contributed by atoms with Gasteiger partial charge in [0.1, 0.15) is 0 Å². The monoisotopic (exact) mass is 408 g/mol. The highest BCUT2D eigenvalue weighted by molar-refractivity contribution is 5.78. The van der Waals surface area contributed by atoms with Gasteiger partial charge < -0.3 is 5.11 Å². The van der Waals surface area contributed by atoms with Crippen LogP contribution in [0.25, 0.3) is 12.2 Å². The molecule has 4 aromatic rings. The number of hydrogen-bond donors (Lipinski definition) is 1. The molecule has 5 rings (SSSR count). The van der Waals surface area contributed by atoms with Crippen molar-refractivity contribution in [2.45, 2.75) is 5.60 Å². The molecule has 0 fully saturated rings. The Bertz CT molecular complexity index is 1390. The van der Waals surface area contributed by atoms with Crippen LogP contribution in [0.2, 0.25) is 0 Å². The molecule has 1 aliphatic rings. The van der Waals surface area contributed by atoms with Gasteiger partial charge in [0.2, 0.25) is 0 Å². The minimum Gasteiger partial charge on any atom is -0.369 e. The third kappa shape index (κ3) is 3.75. The number of fused-ring (bicyclic) bond motifs is 2. The van der Waals surface area contributed by atoms with Crippen LogP contribution in [0.15, 0.2) is 103 Å². The molecule has 0 aliphatic heterocycles. The summed E-state index contributed by atoms with van der Waals surface area (Å²) in [5.74, 6) is 12.9. The summed E-state index contributed by atoms with van der Waals surface area (Å²) < 4.78 is 0. The Balaban J connectivity index is 1.63. The molecule has 0 atom stereocenters. The number of rotatable bonds is 0. The lowest BCUT2D eigenvalue weighted by Crippen LogP contribution is -2.26. The van der Waals surface area contributed by atoms with Gasteiger partial charge in [0.15, 0.2) is 5.60 Å². The zero-order valence-corrected chi connectivity index (χ0v) is 17.4. The first-order valence-corrected chi connectivity index (χ1v) is 10.5. The van der Waals surface area contributed by atoms with Gasteiger partial charge in [0, 0.05) is 27.8 Å². The van der Waals surface area contributed by atoms with Gasteiger partial charge in [0.25, 0.3) is 0 Å². The zero-order valence-electron chi connectivity index (χ0n) is 17.4. The fraction of sp³-hybridized carbons (Fsp3) is 0.0323. The highest BCUT2D eigenvalue weighted by Gasteiger charge is 2.34. The first-order chi connectivity index (χ1) is 15.7. The SMILES string of the molecule is OC1(C#Cc2ccccc2C#Cc2ccccc2)c2ccccc2C=Cc2ccccc21. The second-order valence-electron chi connectivity index (χ2n) is 7.63. The minimum atomic E-state index is -1.43. The van der Waals surface area contributed by atoms with E-state index in [4.69, 9.17) is 0 Å². The van der Waals surface area contributed by atoms with Crippen molar-refractivity contribution >= 4 is 12.2 Å². The second kappa shape index (κ2) is 8.44. The molecule has 0 amide bonds. The summed E-state index contributed by atoms with van der Waals surface area (Å²) in [5.41, 5.74) is 4.61. The van der Waals surface area contributed by atoms with E-state index >= 15 is 0 Å². The summed E-state index contributed by atoms with van der Waals surface area (Å²) in [6.07, 6.45) is 4.07. The molecular formula is C31H20O. The summed E-state index contributed by atoms with van der Waals surface area (Å²) in [5, 5.41) is 12.0. The van der Waals surface area contributed by atoms with Crippen LogP contribution in [0.4, 0.5) is 0 Å². The van der Waals surface area contributed by atoms with Gasteiger partial charge in [0.05, 0.1) is 0 Å². The van der Waals surface area contributed by atoms with Gasteiger partial charge in [-0.1, -0.05) is 115 Å². The molecule has 32 heavy (non-hydrogen) atoms. The normalized spacial score (nSPS) is 12.8. The van der Waals surface area contributed by atoms with E-state index in [2.05, 4.69) is 23.7 Å². The van der Waals surface area contributed by atoms with Crippen molar-refractivity contribution in [1.29, 1.82) is 0 Å². The van der Waals surface area contributed by atoms with Crippen molar-refractivity contribution in [2.24, 2.45) is 0 Å². The van der Waals surface area contributed by atoms with Gasteiger partial charge in [-0.05, 0) is 35.4 Å². The molecular weight excluding hydrogens is 388 g/mol. The molecule has 150 valence electrons. The van der Waals surface area contributed by atoms with Crippen LogP contribution < -0.4 is 0 Å². The maximum Gasteiger partial charge on any atom is 0.178 e. The fourth-order valence-electron chi connectivity index (χ4n) is 3.92. The second-order valence-corrected chi connectivity index (χ2v) is 7.63. The van der Waals surface area contributed by atoms with Gasteiger partial charge in [-0.2, -0.15) is 0 Å². The maximum atomic E-state index is 12.0. The molecule has 1 N–H and O–H groups in total. The van der Waals surface area contributed by atoms with Crippen LogP contribution in [-0.2, 0) is 5.60 Å². The van der Waals surface area contributed by atoms with Crippen LogP contribution in [-0.4, -0.2) is 5.11 Å². The van der Waals surface area contributed by atoms with E-state index < -0.39 is 5.60 Å². The molecule has 1 aliphatic carbocycles. The Kier molecular flexibility index (Phi) is 5.19. The Morgan fingerprint density at radius 1 is 0.500 bits per heavy atom. The highest BCUT2D eigenvalue weighted by Crippen LogP contribution is 2.37. The van der Waals surface area contributed by atoms with E-state index in [1.165, 1.54) is 0 Å². The van der Waals surface area contributed by atoms with E-state index in [1.54, 1.807) is 0 Å². The van der Waals surface area contributed by atoms with Crippen LogP contribution in [0.3, 0.4) is 0 Å². The van der Waals surface area contributed by atoms with E-state index in [1.807, 2.05) is 115 Å². The van der Waals surface area contributed by atoms with Crippen LogP contribution in [0.1, 0.15) is 38.9 Å². The molecule has 0 radical (unpaired) electrons. The Morgan fingerprint density at radius 3 is 1.62 bits per heavy atom. The summed E-state index contributed by atoms with van der Waals surface area (Å²) in [4.78, 5) is 0. The van der Waals surface area contributed by atoms with Gasteiger partial charge in [-0.25, -0.2) is 0 Å². The van der Waals surface area contributed by atoms with Crippen molar-refractivity contribution in [3.63, 3.8) is 0 Å². The molecule has 1 nitrogen and oxygen atoms in total. The lowest BCUT2D eigenvalue weighted by molar-refractivity contribution is 0.145. The van der Waals surface area contributed by atoms with Crippen molar-refractivity contribution < 1.29 is 5.11 Å². The van der Waals surface area contributed by atoms with E-state index in [0.29, 0.717) is 0 Å². The molecule has 1 heteroatoms. The molecule has 0 saturated carbocycles. The quantitative estimate of drug-likeness (QED) is 0.362. The van der Waals surface area contributed by atoms with Gasteiger partial charge in [-0.15, -0.1) is 0 Å². The van der Waals surface area contributed by atoms with Crippen LogP contribution >= 0.6 is 0 Å². The molecule has 0 bridgehead atoms. The Hall–Kier alpha value is -4.30. The third-order valence-corrected chi connectivity index (χ3v) is 5.56. The molecule has 0 spiro atoms. The predicted molar refractivity (Wildman–Crippen MR) is 131 cm³/mol. The van der Waals surface area contributed by atoms with Crippen molar-refractivity contribution in [3.05, 3.63) is 142 Å². The molecule has 0 aromatic heterocycles. The fourth-order valence-corrected chi connectivity index (χ4v) is 3.92. The first-order valence-electron chi connectivity index (χ1n) is 10.5. The maximum absolute atomic E-state index is 12.0. The van der Waals surface area contributed by atoms with E-state index in [-0.39, 0.29) is 0 Å². The average molecular weight is 409 g/mol. The van der Waals surface area contributed by atoms with E-state index in [9.17, 15) is 5.11 Å². The molecule has 0 heterocycles. The Morgan fingerprint density at radius 2 is 1.00 bits per heavy atom. The molecule has 0 saturated heterocycles. The van der Waals surface area contributed by atoms with Gasteiger partial charge in [-0.3, -0.25) is 0 Å². The van der Waals surface area contributed by atoms with Crippen LogP contribution in [0.5, 0.6) is 0 Å². The van der Waals surface area contributed by atoms with Crippen molar-refractivity contribution in [2.75, 3.05) is 0 Å². The molecule has 0 unspecified atom stereocenters. The largest absolute Gasteiger partial charge is 0.369 e. The minimum absolute atomic E-state index is 0.779. The number of aliphatic hydroxyl groups is 1. The molecule has 4 aromatic carbocycles. The van der Waals surface area contributed by atoms with Crippen LogP contribution in [0, 0.1) is 23.7 Å². The number of benzene rings is 4. The highest BCUT2D eigenvalue weighted by atomic mass is 16.3. The lowest BCUT2D eigenvalue weighted by Gasteiger charge is -2.25. The summed E-state index contributed by atoms with van der Waals surface area (Å²) >= 11 is 0. The van der Waals surface area contributed by atoms with Crippen molar-refractivity contribution in [1.82, 2.24) is 0 Å². The summed E-state index contributed by atoms with van der Waals surface area (Å²) in [6.45, 7) is 0. The lowest BCUT2D eigenvalue weighted by atomic mass is 9.83. The van der Waals surface area contributed by atoms with Crippen molar-refractivity contribution in [3.8, 4) is 23.7 Å². The zero-order chi connectivity index (χ0) is 21.8. The van der Waals surface area contributed by atoms with Gasteiger partial charge >= 0.3 is 0 Å².